The third kappa shape index (κ3) is 5.04. The van der Waals surface area contributed by atoms with Gasteiger partial charge in [-0.2, -0.15) is 19.6 Å². The molecule has 0 aliphatic heterocycles. The lowest BCUT2D eigenvalue weighted by Crippen LogP contribution is -2.21. The first kappa shape index (κ1) is 22.3. The molecule has 10 nitrogen and oxygen atoms in total. The van der Waals surface area contributed by atoms with Crippen LogP contribution < -0.4 is 10.4 Å². The lowest BCUT2D eigenvalue weighted by atomic mass is 10.2. The van der Waals surface area contributed by atoms with E-state index in [1.165, 1.54) is 29.4 Å². The minimum atomic E-state index is -0.405. The fraction of sp³-hybridized carbons (Fsp3) is 0.182. The standard InChI is InChI=1S/C22H22N6O4/c1-14(29)21(15(2)30)25-24-18-7-5-17(6-8-18)13-23-27-16(3)26-28(22(27)31)19-9-11-20(32-4)12-10-19/h5-13,29H,1-4H3/b21-14+,23-13+,25-24?. The first-order valence-corrected chi connectivity index (χ1v) is 9.60. The second-order valence-electron chi connectivity index (χ2n) is 6.78. The van der Waals surface area contributed by atoms with Gasteiger partial charge in [0.05, 0.1) is 24.7 Å². The molecule has 0 amide bonds. The number of azo groups is 1. The summed E-state index contributed by atoms with van der Waals surface area (Å²) in [5.74, 6) is 0.531. The second kappa shape index (κ2) is 9.65. The van der Waals surface area contributed by atoms with Gasteiger partial charge in [0.25, 0.3) is 0 Å². The highest BCUT2D eigenvalue weighted by Crippen LogP contribution is 2.16. The molecule has 0 unspecified atom stereocenters. The van der Waals surface area contributed by atoms with Crippen LogP contribution in [-0.4, -0.2) is 38.7 Å². The highest BCUT2D eigenvalue weighted by molar-refractivity contribution is 5.93. The van der Waals surface area contributed by atoms with Crippen molar-refractivity contribution in [3.63, 3.8) is 0 Å². The van der Waals surface area contributed by atoms with E-state index in [4.69, 9.17) is 4.74 Å². The molecule has 0 atom stereocenters. The van der Waals surface area contributed by atoms with Crippen molar-refractivity contribution in [2.24, 2.45) is 15.3 Å². The third-order valence-corrected chi connectivity index (χ3v) is 4.39. The first-order valence-electron chi connectivity index (χ1n) is 9.60. The zero-order valence-electron chi connectivity index (χ0n) is 18.1. The number of benzene rings is 2. The number of hydrogen-bond donors (Lipinski definition) is 1. The maximum Gasteiger partial charge on any atom is 0.371 e. The Morgan fingerprint density at radius 1 is 1.09 bits per heavy atom. The molecule has 0 saturated heterocycles. The summed E-state index contributed by atoms with van der Waals surface area (Å²) in [5.41, 5.74) is 1.30. The molecule has 32 heavy (non-hydrogen) atoms. The third-order valence-electron chi connectivity index (χ3n) is 4.39. The van der Waals surface area contributed by atoms with Crippen LogP contribution in [0.25, 0.3) is 5.69 Å². The van der Waals surface area contributed by atoms with Crippen molar-refractivity contribution in [3.05, 3.63) is 81.9 Å². The van der Waals surface area contributed by atoms with Crippen molar-refractivity contribution >= 4 is 17.7 Å². The van der Waals surface area contributed by atoms with Crippen molar-refractivity contribution in [1.82, 2.24) is 14.5 Å². The van der Waals surface area contributed by atoms with Crippen molar-refractivity contribution in [1.29, 1.82) is 0 Å². The normalized spacial score (nSPS) is 12.4. The van der Waals surface area contributed by atoms with Gasteiger partial charge in [-0.25, -0.2) is 4.79 Å². The number of ether oxygens (including phenoxy) is 1. The minimum absolute atomic E-state index is 0.0978. The Morgan fingerprint density at radius 3 is 2.31 bits per heavy atom. The van der Waals surface area contributed by atoms with E-state index in [0.717, 1.165) is 0 Å². The summed E-state index contributed by atoms with van der Waals surface area (Å²) in [5, 5.41) is 25.7. The number of hydrogen-bond acceptors (Lipinski definition) is 8. The smallest absolute Gasteiger partial charge is 0.371 e. The Balaban J connectivity index is 1.79. The fourth-order valence-electron chi connectivity index (χ4n) is 2.74. The summed E-state index contributed by atoms with van der Waals surface area (Å²) < 4.78 is 7.59. The lowest BCUT2D eigenvalue weighted by molar-refractivity contribution is -0.113. The average Bonchev–Trinajstić information content (AvgIpc) is 3.06. The van der Waals surface area contributed by atoms with Crippen LogP contribution in [0.1, 0.15) is 25.2 Å². The van der Waals surface area contributed by atoms with Crippen LogP contribution in [0.2, 0.25) is 0 Å². The number of aryl methyl sites for hydroxylation is 1. The van der Waals surface area contributed by atoms with Crippen LogP contribution in [0, 0.1) is 6.92 Å². The topological polar surface area (TPSA) is 123 Å². The number of nitrogens with zero attached hydrogens (tertiary/aromatic N) is 6. The van der Waals surface area contributed by atoms with Gasteiger partial charge in [-0.15, -0.1) is 10.2 Å². The maximum atomic E-state index is 12.7. The van der Waals surface area contributed by atoms with Gasteiger partial charge in [0, 0.05) is 6.92 Å². The maximum absolute atomic E-state index is 12.7. The fourth-order valence-corrected chi connectivity index (χ4v) is 2.74. The predicted molar refractivity (Wildman–Crippen MR) is 119 cm³/mol. The summed E-state index contributed by atoms with van der Waals surface area (Å²) in [6, 6.07) is 13.8. The molecule has 0 aliphatic carbocycles. The molecule has 0 aliphatic rings. The Labute approximate surface area is 183 Å². The molecule has 0 radical (unpaired) electrons. The SMILES string of the molecule is COc1ccc(-n2nc(C)n(/N=C/c3ccc(N=N/C(C(C)=O)=C(\C)O)cc3)c2=O)cc1. The number of carbonyl (C=O) groups excluding carboxylic acids is 1. The number of rotatable bonds is 7. The van der Waals surface area contributed by atoms with E-state index in [1.807, 2.05) is 0 Å². The molecule has 0 saturated carbocycles. The lowest BCUT2D eigenvalue weighted by Gasteiger charge is -2.01. The van der Waals surface area contributed by atoms with Gasteiger partial charge in [-0.05, 0) is 55.8 Å². The Hall–Kier alpha value is -4.34. The molecule has 1 N–H and O–H groups in total. The van der Waals surface area contributed by atoms with E-state index in [2.05, 4.69) is 20.4 Å². The number of aromatic nitrogens is 3. The molecule has 3 rings (SSSR count). The molecule has 0 spiro atoms. The second-order valence-corrected chi connectivity index (χ2v) is 6.78. The summed E-state index contributed by atoms with van der Waals surface area (Å²) >= 11 is 0. The molecule has 2 aromatic carbocycles. The van der Waals surface area contributed by atoms with Crippen LogP contribution in [0.3, 0.4) is 0 Å². The number of allylic oxidation sites excluding steroid dienone is 2. The van der Waals surface area contributed by atoms with Crippen molar-refractivity contribution < 1.29 is 14.6 Å². The molecule has 10 heteroatoms. The zero-order chi connectivity index (χ0) is 23.3. The summed E-state index contributed by atoms with van der Waals surface area (Å²) in [4.78, 5) is 24.1. The number of aliphatic hydroxyl groups excluding tert-OH is 1. The molecular formula is C22H22N6O4. The summed E-state index contributed by atoms with van der Waals surface area (Å²) in [7, 11) is 1.57. The van der Waals surface area contributed by atoms with Gasteiger partial charge in [-0.1, -0.05) is 12.1 Å². The van der Waals surface area contributed by atoms with Crippen LogP contribution in [0.15, 0.2) is 80.1 Å². The quantitative estimate of drug-likeness (QED) is 0.263. The highest BCUT2D eigenvalue weighted by Gasteiger charge is 2.11. The van der Waals surface area contributed by atoms with Crippen LogP contribution in [0.4, 0.5) is 5.69 Å². The van der Waals surface area contributed by atoms with Crippen LogP contribution in [0.5, 0.6) is 5.75 Å². The molecule has 0 bridgehead atoms. The molecule has 1 heterocycles. The van der Waals surface area contributed by atoms with Gasteiger partial charge < -0.3 is 9.84 Å². The van der Waals surface area contributed by atoms with E-state index < -0.39 is 5.69 Å². The summed E-state index contributed by atoms with van der Waals surface area (Å²) in [6.45, 7) is 4.36. The number of Topliss-reactive ketones (excluding diaryl/α,β-unsaturated/α-hetero) is 1. The highest BCUT2D eigenvalue weighted by atomic mass is 16.5. The van der Waals surface area contributed by atoms with Crippen molar-refractivity contribution in [2.75, 3.05) is 7.11 Å². The number of carbonyl (C=O) groups is 1. The van der Waals surface area contributed by atoms with E-state index in [-0.39, 0.29) is 17.2 Å². The van der Waals surface area contributed by atoms with E-state index in [1.54, 1.807) is 62.6 Å². The van der Waals surface area contributed by atoms with Gasteiger partial charge >= 0.3 is 5.69 Å². The Kier molecular flexibility index (Phi) is 6.74. The van der Waals surface area contributed by atoms with Gasteiger partial charge in [0.2, 0.25) is 0 Å². The Morgan fingerprint density at radius 2 is 1.75 bits per heavy atom. The molecular weight excluding hydrogens is 412 g/mol. The first-order chi connectivity index (χ1) is 15.3. The van der Waals surface area contributed by atoms with Crippen molar-refractivity contribution in [3.8, 4) is 11.4 Å². The number of aliphatic hydroxyl groups is 1. The average molecular weight is 434 g/mol. The van der Waals surface area contributed by atoms with Crippen LogP contribution >= 0.6 is 0 Å². The predicted octanol–water partition coefficient (Wildman–Crippen LogP) is 3.70. The molecule has 3 aromatic rings. The molecule has 0 fully saturated rings. The van der Waals surface area contributed by atoms with Gasteiger partial charge in [0.15, 0.2) is 17.3 Å². The van der Waals surface area contributed by atoms with E-state index in [0.29, 0.717) is 28.5 Å². The number of ketones is 1. The minimum Gasteiger partial charge on any atom is -0.510 e. The van der Waals surface area contributed by atoms with Gasteiger partial charge in [0.1, 0.15) is 11.5 Å². The monoisotopic (exact) mass is 434 g/mol. The molecule has 1 aromatic heterocycles. The van der Waals surface area contributed by atoms with E-state index in [9.17, 15) is 14.7 Å². The zero-order valence-corrected chi connectivity index (χ0v) is 18.1. The van der Waals surface area contributed by atoms with E-state index >= 15 is 0 Å². The number of methoxy groups -OCH3 is 1. The molecule has 164 valence electrons. The van der Waals surface area contributed by atoms with Crippen molar-refractivity contribution in [2.45, 2.75) is 20.8 Å². The summed E-state index contributed by atoms with van der Waals surface area (Å²) in [6.07, 6.45) is 1.52. The largest absolute Gasteiger partial charge is 0.510 e. The van der Waals surface area contributed by atoms with Gasteiger partial charge in [-0.3, -0.25) is 4.79 Å². The van der Waals surface area contributed by atoms with Crippen LogP contribution in [-0.2, 0) is 4.79 Å². The Bertz CT molecular complexity index is 1260.